The Balaban J connectivity index is 1.83. The molecule has 0 atom stereocenters. The molecule has 0 bridgehead atoms. The molecule has 0 spiro atoms. The molecule has 168 valence electrons. The maximum absolute atomic E-state index is 10.9. The summed E-state index contributed by atoms with van der Waals surface area (Å²) in [5.41, 5.74) is 2.34. The highest BCUT2D eigenvalue weighted by molar-refractivity contribution is 6.30. The van der Waals surface area contributed by atoms with Crippen molar-refractivity contribution in [3.8, 4) is 11.1 Å². The number of carbonyl (C=O) groups is 1. The van der Waals surface area contributed by atoms with E-state index in [0.29, 0.717) is 22.4 Å². The lowest BCUT2D eigenvalue weighted by molar-refractivity contribution is 0.185. The Morgan fingerprint density at radius 3 is 2.61 bits per heavy atom. The van der Waals surface area contributed by atoms with Crippen LogP contribution in [0.3, 0.4) is 0 Å². The van der Waals surface area contributed by atoms with E-state index in [9.17, 15) is 9.90 Å². The third-order valence-corrected chi connectivity index (χ3v) is 5.76. The Kier molecular flexibility index (Phi) is 8.31. The van der Waals surface area contributed by atoms with Crippen LogP contribution in [0, 0.1) is 0 Å². The van der Waals surface area contributed by atoms with Crippen molar-refractivity contribution in [1.29, 1.82) is 0 Å². The number of anilines is 2. The lowest BCUT2D eigenvalue weighted by Crippen LogP contribution is -2.39. The van der Waals surface area contributed by atoms with E-state index in [2.05, 4.69) is 27.9 Å². The van der Waals surface area contributed by atoms with Crippen LogP contribution in [0.2, 0.25) is 5.02 Å². The molecule has 2 aromatic rings. The summed E-state index contributed by atoms with van der Waals surface area (Å²) in [6, 6.07) is 5.57. The predicted octanol–water partition coefficient (Wildman–Crippen LogP) is 4.49. The summed E-state index contributed by atoms with van der Waals surface area (Å²) in [6.07, 6.45) is 6.11. The van der Waals surface area contributed by atoms with Gasteiger partial charge in [0.05, 0.1) is 6.61 Å². The summed E-state index contributed by atoms with van der Waals surface area (Å²) in [4.78, 5) is 20.1. The van der Waals surface area contributed by atoms with Crippen LogP contribution in [-0.4, -0.2) is 44.9 Å². The summed E-state index contributed by atoms with van der Waals surface area (Å²) >= 11 is 6.11. The van der Waals surface area contributed by atoms with Crippen LogP contribution in [-0.2, 0) is 6.61 Å². The van der Waals surface area contributed by atoms with Crippen molar-refractivity contribution in [3.05, 3.63) is 35.0 Å². The van der Waals surface area contributed by atoms with Crippen LogP contribution >= 0.6 is 11.6 Å². The first kappa shape index (κ1) is 23.1. The standard InChI is InChI=1S/C22H30ClN5O3/c1-2-3-10-24-21-25-12-19(18-9-4-15(23)11-14(18)13-29)20(28-21)26-16-5-7-17(8-6-16)27-22(30)31/h4,9,11-12,16-17,27,29H,2-3,5-8,10,13H2,1H3,(H,30,31)(H2,24,25,26,28). The number of benzene rings is 1. The van der Waals surface area contributed by atoms with E-state index in [-0.39, 0.29) is 18.7 Å². The van der Waals surface area contributed by atoms with Crippen molar-refractivity contribution in [2.24, 2.45) is 0 Å². The highest BCUT2D eigenvalue weighted by Crippen LogP contribution is 2.33. The van der Waals surface area contributed by atoms with Gasteiger partial charge < -0.3 is 26.2 Å². The number of nitrogens with one attached hydrogen (secondary N) is 3. The first-order chi connectivity index (χ1) is 15.0. The molecule has 0 saturated heterocycles. The molecule has 1 amide bonds. The number of halogens is 1. The molecular weight excluding hydrogens is 418 g/mol. The number of hydrogen-bond donors (Lipinski definition) is 5. The fourth-order valence-corrected chi connectivity index (χ4v) is 4.05. The molecule has 1 aliphatic carbocycles. The number of rotatable bonds is 9. The normalized spacial score (nSPS) is 18.4. The Morgan fingerprint density at radius 2 is 1.94 bits per heavy atom. The Morgan fingerprint density at radius 1 is 1.19 bits per heavy atom. The third-order valence-electron chi connectivity index (χ3n) is 5.53. The van der Waals surface area contributed by atoms with Crippen molar-refractivity contribution in [1.82, 2.24) is 15.3 Å². The average molecular weight is 448 g/mol. The van der Waals surface area contributed by atoms with E-state index in [4.69, 9.17) is 21.7 Å². The van der Waals surface area contributed by atoms with Crippen molar-refractivity contribution < 1.29 is 15.0 Å². The average Bonchev–Trinajstić information content (AvgIpc) is 2.75. The molecule has 9 heteroatoms. The van der Waals surface area contributed by atoms with Gasteiger partial charge >= 0.3 is 6.09 Å². The topological polar surface area (TPSA) is 119 Å². The van der Waals surface area contributed by atoms with Crippen molar-refractivity contribution in [2.45, 2.75) is 64.1 Å². The highest BCUT2D eigenvalue weighted by atomic mass is 35.5. The number of nitrogens with zero attached hydrogens (tertiary/aromatic N) is 2. The zero-order chi connectivity index (χ0) is 22.2. The third kappa shape index (κ3) is 6.45. The molecule has 0 radical (unpaired) electrons. The van der Waals surface area contributed by atoms with Crippen molar-refractivity contribution in [2.75, 3.05) is 17.2 Å². The Labute approximate surface area is 187 Å². The number of amides is 1. The summed E-state index contributed by atoms with van der Waals surface area (Å²) in [5.74, 6) is 1.25. The zero-order valence-electron chi connectivity index (χ0n) is 17.7. The van der Waals surface area contributed by atoms with Crippen LogP contribution in [0.25, 0.3) is 11.1 Å². The van der Waals surface area contributed by atoms with Gasteiger partial charge in [0.15, 0.2) is 0 Å². The molecule has 1 heterocycles. The van der Waals surface area contributed by atoms with Crippen LogP contribution in [0.15, 0.2) is 24.4 Å². The molecule has 1 aromatic carbocycles. The number of aromatic nitrogens is 2. The second-order valence-corrected chi connectivity index (χ2v) is 8.27. The summed E-state index contributed by atoms with van der Waals surface area (Å²) in [5, 5.41) is 28.7. The predicted molar refractivity (Wildman–Crippen MR) is 123 cm³/mol. The van der Waals surface area contributed by atoms with Gasteiger partial charge in [-0.25, -0.2) is 9.78 Å². The van der Waals surface area contributed by atoms with Gasteiger partial charge in [-0.15, -0.1) is 0 Å². The number of unbranched alkanes of at least 4 members (excludes halogenated alkanes) is 1. The van der Waals surface area contributed by atoms with E-state index < -0.39 is 6.09 Å². The summed E-state index contributed by atoms with van der Waals surface area (Å²) in [6.45, 7) is 2.78. The Hall–Kier alpha value is -2.58. The molecule has 3 rings (SSSR count). The second kappa shape index (κ2) is 11.2. The van der Waals surface area contributed by atoms with E-state index in [1.807, 2.05) is 6.07 Å². The number of carboxylic acid groups (broad SMARTS) is 1. The fraction of sp³-hybridized carbons (Fsp3) is 0.500. The number of hydrogen-bond acceptors (Lipinski definition) is 6. The van der Waals surface area contributed by atoms with Crippen LogP contribution in [0.1, 0.15) is 51.0 Å². The monoisotopic (exact) mass is 447 g/mol. The summed E-state index contributed by atoms with van der Waals surface area (Å²) < 4.78 is 0. The van der Waals surface area contributed by atoms with Crippen LogP contribution in [0.4, 0.5) is 16.6 Å². The largest absolute Gasteiger partial charge is 0.465 e. The van der Waals surface area contributed by atoms with Gasteiger partial charge in [-0.05, 0) is 55.4 Å². The first-order valence-electron chi connectivity index (χ1n) is 10.8. The van der Waals surface area contributed by atoms with Gasteiger partial charge in [0.25, 0.3) is 0 Å². The van der Waals surface area contributed by atoms with Gasteiger partial charge in [-0.1, -0.05) is 31.0 Å². The van der Waals surface area contributed by atoms with Gasteiger partial charge in [0, 0.05) is 35.4 Å². The molecule has 1 saturated carbocycles. The van der Waals surface area contributed by atoms with E-state index >= 15 is 0 Å². The fourth-order valence-electron chi connectivity index (χ4n) is 3.86. The van der Waals surface area contributed by atoms with E-state index in [0.717, 1.165) is 56.2 Å². The molecule has 31 heavy (non-hydrogen) atoms. The SMILES string of the molecule is CCCCNc1ncc(-c2ccc(Cl)cc2CO)c(NC2CCC(NC(=O)O)CC2)n1. The molecular formula is C22H30ClN5O3. The van der Waals surface area contributed by atoms with E-state index in [1.165, 1.54) is 0 Å². The van der Waals surface area contributed by atoms with Gasteiger partial charge in [0.1, 0.15) is 5.82 Å². The molecule has 8 nitrogen and oxygen atoms in total. The molecule has 0 unspecified atom stereocenters. The summed E-state index contributed by atoms with van der Waals surface area (Å²) in [7, 11) is 0. The minimum Gasteiger partial charge on any atom is -0.465 e. The molecule has 1 fully saturated rings. The molecule has 0 aliphatic heterocycles. The smallest absolute Gasteiger partial charge is 0.404 e. The van der Waals surface area contributed by atoms with E-state index in [1.54, 1.807) is 18.3 Å². The lowest BCUT2D eigenvalue weighted by atomic mass is 9.91. The number of aliphatic hydroxyl groups is 1. The minimum absolute atomic E-state index is 0.0102. The maximum Gasteiger partial charge on any atom is 0.404 e. The van der Waals surface area contributed by atoms with Crippen LogP contribution < -0.4 is 16.0 Å². The number of aliphatic hydroxyl groups excluding tert-OH is 1. The van der Waals surface area contributed by atoms with Gasteiger partial charge in [-0.3, -0.25) is 0 Å². The molecule has 1 aliphatic rings. The first-order valence-corrected chi connectivity index (χ1v) is 11.1. The van der Waals surface area contributed by atoms with Crippen molar-refractivity contribution >= 4 is 29.5 Å². The van der Waals surface area contributed by atoms with Gasteiger partial charge in [-0.2, -0.15) is 4.98 Å². The quantitative estimate of drug-likeness (QED) is 0.359. The second-order valence-electron chi connectivity index (χ2n) is 7.84. The maximum atomic E-state index is 10.9. The van der Waals surface area contributed by atoms with Gasteiger partial charge in [0.2, 0.25) is 5.95 Å². The lowest BCUT2D eigenvalue weighted by Gasteiger charge is -2.30. The van der Waals surface area contributed by atoms with Crippen molar-refractivity contribution in [3.63, 3.8) is 0 Å². The molecule has 5 N–H and O–H groups in total. The molecule has 1 aromatic heterocycles. The van der Waals surface area contributed by atoms with Crippen LogP contribution in [0.5, 0.6) is 0 Å². The zero-order valence-corrected chi connectivity index (χ0v) is 18.5. The minimum atomic E-state index is -0.975. The highest BCUT2D eigenvalue weighted by Gasteiger charge is 2.24. The Bertz CT molecular complexity index is 887.